The number of halogens is 1. The normalized spacial score (nSPS) is 10.1. The molecule has 0 fully saturated rings. The molecule has 114 valence electrons. The molecule has 2 N–H and O–H groups in total. The van der Waals surface area contributed by atoms with Gasteiger partial charge < -0.3 is 15.2 Å². The molecule has 1 aromatic carbocycles. The fourth-order valence-corrected chi connectivity index (χ4v) is 1.85. The second kappa shape index (κ2) is 6.71. The Hall–Kier alpha value is -2.89. The molecule has 22 heavy (non-hydrogen) atoms. The van der Waals surface area contributed by atoms with E-state index in [0.717, 1.165) is 0 Å². The second-order valence-electron chi connectivity index (χ2n) is 4.51. The molecule has 0 saturated heterocycles. The number of aromatic hydroxyl groups is 1. The monoisotopic (exact) mass is 302 g/mol. The van der Waals surface area contributed by atoms with Crippen LogP contribution < -0.4 is 5.32 Å². The zero-order valence-corrected chi connectivity index (χ0v) is 12.0. The summed E-state index contributed by atoms with van der Waals surface area (Å²) < 4.78 is 17.7. The highest BCUT2D eigenvalue weighted by molar-refractivity contribution is 5.75. The van der Waals surface area contributed by atoms with Gasteiger partial charge in [0.2, 0.25) is 0 Å². The minimum Gasteiger partial charge on any atom is -0.506 e. The Balaban J connectivity index is 2.19. The molecule has 0 saturated carbocycles. The van der Waals surface area contributed by atoms with Crippen LogP contribution in [0.25, 0.3) is 16.8 Å². The first-order chi connectivity index (χ1) is 10.5. The molecule has 0 atom stereocenters. The average Bonchev–Trinajstić information content (AvgIpc) is 2.52. The van der Waals surface area contributed by atoms with E-state index in [1.54, 1.807) is 12.1 Å². The molecule has 0 aliphatic rings. The van der Waals surface area contributed by atoms with E-state index in [-0.39, 0.29) is 29.5 Å². The molecule has 1 heterocycles. The highest BCUT2D eigenvalue weighted by Crippen LogP contribution is 2.27. The largest absolute Gasteiger partial charge is 0.506 e. The Morgan fingerprint density at radius 1 is 1.41 bits per heavy atom. The Morgan fingerprint density at radius 2 is 2.18 bits per heavy atom. The lowest BCUT2D eigenvalue weighted by atomic mass is 10.1. The zero-order chi connectivity index (χ0) is 16.1. The highest BCUT2D eigenvalue weighted by Gasteiger charge is 2.11. The predicted octanol–water partition coefficient (Wildman–Crippen LogP) is 2.33. The van der Waals surface area contributed by atoms with Gasteiger partial charge in [-0.05, 0) is 23.8 Å². The van der Waals surface area contributed by atoms with Gasteiger partial charge in [0, 0.05) is 11.8 Å². The van der Waals surface area contributed by atoms with Crippen LogP contribution in [0.3, 0.4) is 0 Å². The van der Waals surface area contributed by atoms with Crippen LogP contribution in [0.4, 0.5) is 4.39 Å². The van der Waals surface area contributed by atoms with E-state index in [1.165, 1.54) is 31.5 Å². The first-order valence-electron chi connectivity index (χ1n) is 6.46. The van der Waals surface area contributed by atoms with Gasteiger partial charge >= 0.3 is 5.97 Å². The standard InChI is InChI=1S/C16H15FN2O3/c1-10(18-9-15(21)22-2)16-14(20)7-12(8-19-16)11-4-3-5-13(17)6-11/h3-8,18,20H,1,9H2,2H3. The molecule has 0 aliphatic heterocycles. The topological polar surface area (TPSA) is 71.5 Å². The van der Waals surface area contributed by atoms with E-state index in [9.17, 15) is 14.3 Å². The SMILES string of the molecule is C=C(NCC(=O)OC)c1ncc(-c2cccc(F)c2)cc1O. The summed E-state index contributed by atoms with van der Waals surface area (Å²) in [6.07, 6.45) is 1.49. The minimum atomic E-state index is -0.461. The number of rotatable bonds is 5. The summed E-state index contributed by atoms with van der Waals surface area (Å²) >= 11 is 0. The Labute approximate surface area is 127 Å². The number of nitrogens with zero attached hydrogens (tertiary/aromatic N) is 1. The van der Waals surface area contributed by atoms with Crippen molar-refractivity contribution >= 4 is 11.7 Å². The average molecular weight is 302 g/mol. The molecular formula is C16H15FN2O3. The van der Waals surface area contributed by atoms with Crippen LogP contribution in [0.1, 0.15) is 5.69 Å². The third-order valence-corrected chi connectivity index (χ3v) is 2.99. The van der Waals surface area contributed by atoms with Gasteiger partial charge in [-0.1, -0.05) is 18.7 Å². The summed E-state index contributed by atoms with van der Waals surface area (Å²) in [6.45, 7) is 3.63. The number of carbonyl (C=O) groups is 1. The van der Waals surface area contributed by atoms with E-state index in [1.807, 2.05) is 0 Å². The maximum Gasteiger partial charge on any atom is 0.325 e. The molecule has 0 amide bonds. The molecule has 1 aromatic heterocycles. The third kappa shape index (κ3) is 3.60. The molecule has 0 unspecified atom stereocenters. The van der Waals surface area contributed by atoms with E-state index in [0.29, 0.717) is 11.1 Å². The summed E-state index contributed by atoms with van der Waals surface area (Å²) in [7, 11) is 1.27. The molecule has 0 spiro atoms. The molecule has 2 rings (SSSR count). The molecule has 0 radical (unpaired) electrons. The number of esters is 1. The van der Waals surface area contributed by atoms with Crippen LogP contribution >= 0.6 is 0 Å². The van der Waals surface area contributed by atoms with Crippen LogP contribution in [-0.2, 0) is 9.53 Å². The molecule has 0 aliphatic carbocycles. The number of nitrogens with one attached hydrogen (secondary N) is 1. The van der Waals surface area contributed by atoms with Gasteiger partial charge in [0.05, 0.1) is 12.8 Å². The summed E-state index contributed by atoms with van der Waals surface area (Å²) in [5.74, 6) is -0.952. The van der Waals surface area contributed by atoms with Crippen molar-refractivity contribution in [2.24, 2.45) is 0 Å². The van der Waals surface area contributed by atoms with Crippen molar-refractivity contribution in [1.82, 2.24) is 10.3 Å². The number of pyridine rings is 1. The lowest BCUT2D eigenvalue weighted by Gasteiger charge is -2.11. The Bertz CT molecular complexity index is 716. The van der Waals surface area contributed by atoms with Crippen molar-refractivity contribution in [1.29, 1.82) is 0 Å². The van der Waals surface area contributed by atoms with Gasteiger partial charge in [-0.2, -0.15) is 0 Å². The maximum absolute atomic E-state index is 13.2. The number of methoxy groups -OCH3 is 1. The van der Waals surface area contributed by atoms with Crippen molar-refractivity contribution in [3.05, 3.63) is 54.6 Å². The molecule has 6 heteroatoms. The highest BCUT2D eigenvalue weighted by atomic mass is 19.1. The van der Waals surface area contributed by atoms with Crippen molar-refractivity contribution in [2.75, 3.05) is 13.7 Å². The molecular weight excluding hydrogens is 287 g/mol. The third-order valence-electron chi connectivity index (χ3n) is 2.99. The number of carbonyl (C=O) groups excluding carboxylic acids is 1. The molecule has 2 aromatic rings. The van der Waals surface area contributed by atoms with Gasteiger partial charge in [-0.25, -0.2) is 4.39 Å². The van der Waals surface area contributed by atoms with Crippen LogP contribution in [0.2, 0.25) is 0 Å². The summed E-state index contributed by atoms with van der Waals surface area (Å²) in [5, 5.41) is 12.7. The first kappa shape index (κ1) is 15.5. The summed E-state index contributed by atoms with van der Waals surface area (Å²) in [6, 6.07) is 7.43. The van der Waals surface area contributed by atoms with Crippen LogP contribution in [0.15, 0.2) is 43.1 Å². The van der Waals surface area contributed by atoms with Crippen molar-refractivity contribution in [3.8, 4) is 16.9 Å². The Kier molecular flexibility index (Phi) is 4.73. The number of hydrogen-bond acceptors (Lipinski definition) is 5. The van der Waals surface area contributed by atoms with E-state index < -0.39 is 5.97 Å². The molecule has 0 bridgehead atoms. The first-order valence-corrected chi connectivity index (χ1v) is 6.46. The zero-order valence-electron chi connectivity index (χ0n) is 12.0. The number of hydrogen-bond donors (Lipinski definition) is 2. The van der Waals surface area contributed by atoms with Crippen LogP contribution in [0.5, 0.6) is 5.75 Å². The van der Waals surface area contributed by atoms with Gasteiger partial charge in [0.25, 0.3) is 0 Å². The Morgan fingerprint density at radius 3 is 2.82 bits per heavy atom. The lowest BCUT2D eigenvalue weighted by molar-refractivity contribution is -0.139. The number of ether oxygens (including phenoxy) is 1. The predicted molar refractivity (Wildman–Crippen MR) is 80.3 cm³/mol. The number of benzene rings is 1. The quantitative estimate of drug-likeness (QED) is 0.829. The number of aromatic nitrogens is 1. The van der Waals surface area contributed by atoms with Crippen molar-refractivity contribution in [3.63, 3.8) is 0 Å². The van der Waals surface area contributed by atoms with E-state index in [4.69, 9.17) is 0 Å². The van der Waals surface area contributed by atoms with Gasteiger partial charge in [-0.3, -0.25) is 9.78 Å². The summed E-state index contributed by atoms with van der Waals surface area (Å²) in [5.41, 5.74) is 1.67. The van der Waals surface area contributed by atoms with Gasteiger partial charge in [0.15, 0.2) is 0 Å². The van der Waals surface area contributed by atoms with Crippen molar-refractivity contribution < 1.29 is 19.0 Å². The second-order valence-corrected chi connectivity index (χ2v) is 4.51. The lowest BCUT2D eigenvalue weighted by Crippen LogP contribution is -2.22. The van der Waals surface area contributed by atoms with Gasteiger partial charge in [0.1, 0.15) is 23.8 Å². The van der Waals surface area contributed by atoms with Crippen molar-refractivity contribution in [2.45, 2.75) is 0 Å². The van der Waals surface area contributed by atoms with E-state index >= 15 is 0 Å². The van der Waals surface area contributed by atoms with Crippen LogP contribution in [-0.4, -0.2) is 29.7 Å². The fourth-order valence-electron chi connectivity index (χ4n) is 1.85. The maximum atomic E-state index is 13.2. The van der Waals surface area contributed by atoms with Crippen LogP contribution in [0, 0.1) is 5.82 Å². The smallest absolute Gasteiger partial charge is 0.325 e. The minimum absolute atomic E-state index is 0.0812. The summed E-state index contributed by atoms with van der Waals surface area (Å²) in [4.78, 5) is 15.2. The van der Waals surface area contributed by atoms with E-state index in [2.05, 4.69) is 21.6 Å². The van der Waals surface area contributed by atoms with Gasteiger partial charge in [-0.15, -0.1) is 0 Å². The molecule has 5 nitrogen and oxygen atoms in total. The fraction of sp³-hybridized carbons (Fsp3) is 0.125.